The van der Waals surface area contributed by atoms with E-state index in [1.54, 1.807) is 0 Å². The van der Waals surface area contributed by atoms with E-state index in [2.05, 4.69) is 20.3 Å². The molecule has 2 amide bonds. The Balaban J connectivity index is 2.81. The van der Waals surface area contributed by atoms with E-state index in [1.165, 1.54) is 39.4 Å². The summed E-state index contributed by atoms with van der Waals surface area (Å²) in [7, 11) is 0. The van der Waals surface area contributed by atoms with Crippen molar-refractivity contribution < 1.29 is 9.59 Å². The number of amidine groups is 1. The second-order valence-electron chi connectivity index (χ2n) is 4.23. The van der Waals surface area contributed by atoms with Crippen molar-refractivity contribution in [1.82, 2.24) is 15.3 Å². The lowest BCUT2D eigenvalue weighted by molar-refractivity contribution is -0.122. The number of nitrogens with zero attached hydrogens (tertiary/aromatic N) is 3. The van der Waals surface area contributed by atoms with Gasteiger partial charge in [-0.05, 0) is 20.8 Å². The van der Waals surface area contributed by atoms with Gasteiger partial charge in [-0.3, -0.25) is 14.6 Å². The van der Waals surface area contributed by atoms with Gasteiger partial charge in [0.1, 0.15) is 11.2 Å². The molecule has 0 saturated carbocycles. The molecule has 0 fully saturated rings. The Kier molecular flexibility index (Phi) is 4.09. The van der Waals surface area contributed by atoms with Gasteiger partial charge in [-0.2, -0.15) is 4.99 Å². The number of nitrogens with two attached hydrogens (primary N) is 1. The Morgan fingerprint density at radius 2 is 2.06 bits per heavy atom. The third kappa shape index (κ3) is 3.62. The van der Waals surface area contributed by atoms with Crippen LogP contribution in [0.1, 0.15) is 31.3 Å². The zero-order chi connectivity index (χ0) is 13.8. The molecule has 1 rings (SSSR count). The highest BCUT2D eigenvalue weighted by atomic mass is 16.2. The molecule has 0 aliphatic heterocycles. The number of rotatable bonds is 3. The molecule has 0 spiro atoms. The first-order chi connectivity index (χ1) is 8.33. The molecule has 1 aromatic rings. The Bertz CT molecular complexity index is 477. The minimum absolute atomic E-state index is 0.131. The molecule has 7 heteroatoms. The molecule has 3 N–H and O–H groups in total. The van der Waals surface area contributed by atoms with Gasteiger partial charge in [0.15, 0.2) is 0 Å². The standard InChI is InChI=1S/C11H15N5O2/c1-7(12)15-10(18)11(2,3)16-9(17)8-6-13-4-5-14-8/h4-6H,1-3H3,(H,16,17)(H2,12,15,18). The van der Waals surface area contributed by atoms with Gasteiger partial charge in [-0.1, -0.05) is 0 Å². The number of carbonyl (C=O) groups excluding carboxylic acids is 2. The van der Waals surface area contributed by atoms with Gasteiger partial charge in [-0.25, -0.2) is 4.98 Å². The van der Waals surface area contributed by atoms with Gasteiger partial charge < -0.3 is 11.1 Å². The van der Waals surface area contributed by atoms with Crippen LogP contribution in [0.4, 0.5) is 0 Å². The molecule has 0 radical (unpaired) electrons. The topological polar surface area (TPSA) is 110 Å². The second-order valence-corrected chi connectivity index (χ2v) is 4.23. The molecule has 18 heavy (non-hydrogen) atoms. The molecule has 96 valence electrons. The van der Waals surface area contributed by atoms with Crippen LogP contribution in [0.3, 0.4) is 0 Å². The quantitative estimate of drug-likeness (QED) is 0.573. The molecule has 1 heterocycles. The van der Waals surface area contributed by atoms with Crippen molar-refractivity contribution in [3.8, 4) is 0 Å². The van der Waals surface area contributed by atoms with E-state index in [4.69, 9.17) is 5.73 Å². The van der Waals surface area contributed by atoms with Crippen LogP contribution in [0.25, 0.3) is 0 Å². The largest absolute Gasteiger partial charge is 0.387 e. The highest BCUT2D eigenvalue weighted by Gasteiger charge is 2.30. The third-order valence-corrected chi connectivity index (χ3v) is 2.03. The third-order valence-electron chi connectivity index (χ3n) is 2.03. The van der Waals surface area contributed by atoms with Crippen molar-refractivity contribution in [3.05, 3.63) is 24.3 Å². The summed E-state index contributed by atoms with van der Waals surface area (Å²) in [6, 6.07) is 0. The summed E-state index contributed by atoms with van der Waals surface area (Å²) in [4.78, 5) is 34.7. The summed E-state index contributed by atoms with van der Waals surface area (Å²) >= 11 is 0. The molecule has 0 unspecified atom stereocenters. The molecular weight excluding hydrogens is 234 g/mol. The Morgan fingerprint density at radius 1 is 1.39 bits per heavy atom. The molecule has 1 aromatic heterocycles. The molecule has 0 aliphatic carbocycles. The molecular formula is C11H15N5O2. The van der Waals surface area contributed by atoms with E-state index in [-0.39, 0.29) is 11.5 Å². The number of aromatic nitrogens is 2. The number of hydrogen-bond donors (Lipinski definition) is 2. The Morgan fingerprint density at radius 3 is 2.56 bits per heavy atom. The highest BCUT2D eigenvalue weighted by molar-refractivity contribution is 6.01. The summed E-state index contributed by atoms with van der Waals surface area (Å²) in [6.45, 7) is 4.57. The fraction of sp³-hybridized carbons (Fsp3) is 0.364. The Labute approximate surface area is 105 Å². The average Bonchev–Trinajstić information content (AvgIpc) is 2.28. The lowest BCUT2D eigenvalue weighted by atomic mass is 10.0. The van der Waals surface area contributed by atoms with Crippen LogP contribution in [-0.2, 0) is 4.79 Å². The first kappa shape index (κ1) is 13.8. The molecule has 0 saturated heterocycles. The van der Waals surface area contributed by atoms with Crippen molar-refractivity contribution in [1.29, 1.82) is 0 Å². The van der Waals surface area contributed by atoms with Crippen LogP contribution < -0.4 is 11.1 Å². The maximum atomic E-state index is 11.8. The van der Waals surface area contributed by atoms with E-state index in [0.717, 1.165) is 0 Å². The highest BCUT2D eigenvalue weighted by Crippen LogP contribution is 2.06. The summed E-state index contributed by atoms with van der Waals surface area (Å²) in [5, 5.41) is 2.52. The van der Waals surface area contributed by atoms with E-state index < -0.39 is 17.4 Å². The minimum atomic E-state index is -1.16. The van der Waals surface area contributed by atoms with Gasteiger partial charge in [-0.15, -0.1) is 0 Å². The molecule has 0 bridgehead atoms. The van der Waals surface area contributed by atoms with Crippen molar-refractivity contribution >= 4 is 17.6 Å². The van der Waals surface area contributed by atoms with Crippen LogP contribution in [-0.4, -0.2) is 33.2 Å². The summed E-state index contributed by atoms with van der Waals surface area (Å²) in [6.07, 6.45) is 4.16. The first-order valence-electron chi connectivity index (χ1n) is 5.26. The van der Waals surface area contributed by atoms with Crippen LogP contribution in [0, 0.1) is 0 Å². The van der Waals surface area contributed by atoms with Crippen molar-refractivity contribution in [2.45, 2.75) is 26.3 Å². The number of carbonyl (C=O) groups is 2. The lowest BCUT2D eigenvalue weighted by Crippen LogP contribution is -2.49. The first-order valence-corrected chi connectivity index (χ1v) is 5.26. The molecule has 0 aromatic carbocycles. The SMILES string of the molecule is CC(N)=NC(=O)C(C)(C)NC(=O)c1cnccn1. The zero-order valence-electron chi connectivity index (χ0n) is 10.5. The van der Waals surface area contributed by atoms with E-state index in [1.807, 2.05) is 0 Å². The average molecular weight is 249 g/mol. The number of aliphatic imine (C=N–C) groups is 1. The van der Waals surface area contributed by atoms with E-state index in [9.17, 15) is 9.59 Å². The normalized spacial score (nSPS) is 12.1. The second kappa shape index (κ2) is 5.35. The minimum Gasteiger partial charge on any atom is -0.387 e. The maximum absolute atomic E-state index is 11.8. The summed E-state index contributed by atoms with van der Waals surface area (Å²) < 4.78 is 0. The van der Waals surface area contributed by atoms with Crippen molar-refractivity contribution in [3.63, 3.8) is 0 Å². The van der Waals surface area contributed by atoms with E-state index >= 15 is 0 Å². The van der Waals surface area contributed by atoms with Gasteiger partial charge >= 0.3 is 0 Å². The predicted octanol–water partition coefficient (Wildman–Crippen LogP) is -0.111. The fourth-order valence-electron chi connectivity index (χ4n) is 1.12. The molecule has 0 atom stereocenters. The molecule has 0 aliphatic rings. The number of amides is 2. The van der Waals surface area contributed by atoms with Crippen LogP contribution in [0.2, 0.25) is 0 Å². The van der Waals surface area contributed by atoms with Gasteiger partial charge in [0.25, 0.3) is 11.8 Å². The predicted molar refractivity (Wildman–Crippen MR) is 65.9 cm³/mol. The monoisotopic (exact) mass is 249 g/mol. The zero-order valence-corrected chi connectivity index (χ0v) is 10.5. The van der Waals surface area contributed by atoms with Crippen LogP contribution in [0.5, 0.6) is 0 Å². The van der Waals surface area contributed by atoms with Crippen molar-refractivity contribution in [2.24, 2.45) is 10.7 Å². The summed E-state index contributed by atoms with van der Waals surface area (Å²) in [5.74, 6) is -0.882. The fourth-order valence-corrected chi connectivity index (χ4v) is 1.12. The van der Waals surface area contributed by atoms with Crippen LogP contribution >= 0.6 is 0 Å². The Hall–Kier alpha value is -2.31. The molecule has 7 nitrogen and oxygen atoms in total. The van der Waals surface area contributed by atoms with E-state index in [0.29, 0.717) is 0 Å². The smallest absolute Gasteiger partial charge is 0.272 e. The van der Waals surface area contributed by atoms with Gasteiger partial charge in [0.2, 0.25) is 0 Å². The van der Waals surface area contributed by atoms with Crippen LogP contribution in [0.15, 0.2) is 23.6 Å². The van der Waals surface area contributed by atoms with Gasteiger partial charge in [0.05, 0.1) is 12.0 Å². The number of nitrogens with one attached hydrogen (secondary N) is 1. The van der Waals surface area contributed by atoms with Crippen molar-refractivity contribution in [2.75, 3.05) is 0 Å². The lowest BCUT2D eigenvalue weighted by Gasteiger charge is -2.21. The maximum Gasteiger partial charge on any atom is 0.272 e. The summed E-state index contributed by atoms with van der Waals surface area (Å²) in [5.41, 5.74) is 4.30. The number of hydrogen-bond acceptors (Lipinski definition) is 4. The van der Waals surface area contributed by atoms with Gasteiger partial charge in [0, 0.05) is 12.4 Å².